The second kappa shape index (κ2) is 3.92. The fourth-order valence-corrected chi connectivity index (χ4v) is 1.70. The molecule has 5 heteroatoms. The van der Waals surface area contributed by atoms with Crippen LogP contribution in [0.25, 0.3) is 0 Å². The Morgan fingerprint density at radius 2 is 2.19 bits per heavy atom. The summed E-state index contributed by atoms with van der Waals surface area (Å²) in [6.07, 6.45) is 1.61. The van der Waals surface area contributed by atoms with E-state index in [1.54, 1.807) is 19.2 Å². The number of carbonyl (C=O) groups is 2. The van der Waals surface area contributed by atoms with Crippen molar-refractivity contribution in [2.45, 2.75) is 19.9 Å². The van der Waals surface area contributed by atoms with Gasteiger partial charge in [0.25, 0.3) is 0 Å². The van der Waals surface area contributed by atoms with E-state index in [0.29, 0.717) is 5.69 Å². The van der Waals surface area contributed by atoms with Crippen LogP contribution in [0, 0.1) is 6.92 Å². The van der Waals surface area contributed by atoms with Crippen LogP contribution in [0.3, 0.4) is 0 Å². The summed E-state index contributed by atoms with van der Waals surface area (Å²) in [4.78, 5) is 28.8. The molecule has 1 aliphatic rings. The van der Waals surface area contributed by atoms with Gasteiger partial charge in [-0.3, -0.25) is 19.5 Å². The van der Waals surface area contributed by atoms with Gasteiger partial charge >= 0.3 is 0 Å². The molecule has 0 spiro atoms. The summed E-state index contributed by atoms with van der Waals surface area (Å²) in [5, 5.41) is 2.54. The number of nitrogens with zero attached hydrogens (tertiary/aromatic N) is 2. The lowest BCUT2D eigenvalue weighted by Crippen LogP contribution is -2.57. The molecule has 0 radical (unpaired) electrons. The molecule has 0 aromatic carbocycles. The average molecular weight is 219 g/mol. The summed E-state index contributed by atoms with van der Waals surface area (Å²) >= 11 is 0. The van der Waals surface area contributed by atoms with Crippen molar-refractivity contribution in [1.82, 2.24) is 10.3 Å². The molecule has 1 aliphatic heterocycles. The third-order valence-electron chi connectivity index (χ3n) is 2.62. The Morgan fingerprint density at radius 1 is 1.44 bits per heavy atom. The van der Waals surface area contributed by atoms with Gasteiger partial charge in [0, 0.05) is 5.69 Å². The first-order chi connectivity index (χ1) is 7.59. The van der Waals surface area contributed by atoms with Gasteiger partial charge in [0.05, 0.1) is 18.4 Å². The molecule has 2 heterocycles. The third-order valence-corrected chi connectivity index (χ3v) is 2.62. The lowest BCUT2D eigenvalue weighted by Gasteiger charge is -2.32. The maximum absolute atomic E-state index is 11.7. The molecule has 0 saturated carbocycles. The fourth-order valence-electron chi connectivity index (χ4n) is 1.70. The summed E-state index contributed by atoms with van der Waals surface area (Å²) in [6.45, 7) is 3.63. The van der Waals surface area contributed by atoms with E-state index in [0.717, 1.165) is 5.69 Å². The molecule has 1 fully saturated rings. The highest BCUT2D eigenvalue weighted by atomic mass is 16.2. The molecule has 1 aromatic rings. The number of pyridine rings is 1. The maximum atomic E-state index is 11.7. The van der Waals surface area contributed by atoms with Crippen LogP contribution in [0.2, 0.25) is 0 Å². The van der Waals surface area contributed by atoms with Gasteiger partial charge in [0.15, 0.2) is 0 Å². The lowest BCUT2D eigenvalue weighted by atomic mass is 10.1. The molecule has 16 heavy (non-hydrogen) atoms. The summed E-state index contributed by atoms with van der Waals surface area (Å²) in [5.41, 5.74) is 1.54. The van der Waals surface area contributed by atoms with Crippen LogP contribution >= 0.6 is 0 Å². The van der Waals surface area contributed by atoms with Gasteiger partial charge in [-0.1, -0.05) is 0 Å². The van der Waals surface area contributed by atoms with Crippen LogP contribution in [-0.4, -0.2) is 29.4 Å². The smallest absolute Gasteiger partial charge is 0.247 e. The second-order valence-electron chi connectivity index (χ2n) is 3.82. The van der Waals surface area contributed by atoms with Crippen molar-refractivity contribution in [2.75, 3.05) is 11.4 Å². The largest absolute Gasteiger partial charge is 0.345 e. The summed E-state index contributed by atoms with van der Waals surface area (Å²) in [7, 11) is 0. The summed E-state index contributed by atoms with van der Waals surface area (Å²) < 4.78 is 0. The zero-order valence-electron chi connectivity index (χ0n) is 9.23. The molecule has 5 nitrogen and oxygen atoms in total. The first kappa shape index (κ1) is 10.6. The number of rotatable bonds is 1. The SMILES string of the molecule is Cc1ccc(N2C(=O)CNC(=O)C2C)cn1. The van der Waals surface area contributed by atoms with Gasteiger partial charge in [-0.05, 0) is 26.0 Å². The average Bonchev–Trinajstić information content (AvgIpc) is 2.27. The minimum absolute atomic E-state index is 0.0526. The van der Waals surface area contributed by atoms with E-state index >= 15 is 0 Å². The molecule has 1 N–H and O–H groups in total. The Labute approximate surface area is 93.5 Å². The maximum Gasteiger partial charge on any atom is 0.247 e. The van der Waals surface area contributed by atoms with E-state index < -0.39 is 6.04 Å². The van der Waals surface area contributed by atoms with Gasteiger partial charge in [-0.2, -0.15) is 0 Å². The molecular formula is C11H13N3O2. The van der Waals surface area contributed by atoms with Crippen LogP contribution < -0.4 is 10.2 Å². The van der Waals surface area contributed by atoms with Crippen LogP contribution in [0.4, 0.5) is 5.69 Å². The van der Waals surface area contributed by atoms with Crippen molar-refractivity contribution in [3.63, 3.8) is 0 Å². The predicted molar refractivity (Wildman–Crippen MR) is 58.9 cm³/mol. The quantitative estimate of drug-likeness (QED) is 0.736. The van der Waals surface area contributed by atoms with Crippen molar-refractivity contribution < 1.29 is 9.59 Å². The number of hydrogen-bond donors (Lipinski definition) is 1. The molecule has 84 valence electrons. The monoisotopic (exact) mass is 219 g/mol. The normalized spacial score (nSPS) is 20.9. The van der Waals surface area contributed by atoms with Gasteiger partial charge in [-0.15, -0.1) is 0 Å². The third kappa shape index (κ3) is 1.76. The lowest BCUT2D eigenvalue weighted by molar-refractivity contribution is -0.130. The van der Waals surface area contributed by atoms with Crippen LogP contribution in [0.5, 0.6) is 0 Å². The van der Waals surface area contributed by atoms with Crippen molar-refractivity contribution in [1.29, 1.82) is 0 Å². The van der Waals surface area contributed by atoms with Crippen molar-refractivity contribution in [3.8, 4) is 0 Å². The molecule has 2 rings (SSSR count). The standard InChI is InChI=1S/C11H13N3O2/c1-7-3-4-9(5-12-7)14-8(2)11(16)13-6-10(14)15/h3-5,8H,6H2,1-2H3,(H,13,16). The Morgan fingerprint density at radius 3 is 2.81 bits per heavy atom. The molecule has 0 aliphatic carbocycles. The number of amides is 2. The number of anilines is 1. The van der Waals surface area contributed by atoms with Crippen LogP contribution in [-0.2, 0) is 9.59 Å². The highest BCUT2D eigenvalue weighted by molar-refractivity contribution is 6.06. The van der Waals surface area contributed by atoms with E-state index in [-0.39, 0.29) is 18.4 Å². The van der Waals surface area contributed by atoms with Crippen LogP contribution in [0.1, 0.15) is 12.6 Å². The van der Waals surface area contributed by atoms with Gasteiger partial charge in [-0.25, -0.2) is 0 Å². The Bertz CT molecular complexity index is 427. The Balaban J connectivity index is 2.33. The Kier molecular flexibility index (Phi) is 2.60. The molecule has 2 amide bonds. The minimum Gasteiger partial charge on any atom is -0.345 e. The van der Waals surface area contributed by atoms with E-state index in [9.17, 15) is 9.59 Å². The van der Waals surface area contributed by atoms with Crippen molar-refractivity contribution in [3.05, 3.63) is 24.0 Å². The molecule has 1 aromatic heterocycles. The fraction of sp³-hybridized carbons (Fsp3) is 0.364. The van der Waals surface area contributed by atoms with E-state index in [1.807, 2.05) is 13.0 Å². The zero-order valence-corrected chi connectivity index (χ0v) is 9.23. The van der Waals surface area contributed by atoms with E-state index in [2.05, 4.69) is 10.3 Å². The number of piperazine rings is 1. The van der Waals surface area contributed by atoms with Crippen LogP contribution in [0.15, 0.2) is 18.3 Å². The van der Waals surface area contributed by atoms with Gasteiger partial charge in [0.1, 0.15) is 6.04 Å². The first-order valence-electron chi connectivity index (χ1n) is 5.12. The first-order valence-corrected chi connectivity index (χ1v) is 5.12. The molecular weight excluding hydrogens is 206 g/mol. The molecule has 1 unspecified atom stereocenters. The number of aryl methyl sites for hydroxylation is 1. The number of nitrogens with one attached hydrogen (secondary N) is 1. The van der Waals surface area contributed by atoms with Crippen molar-refractivity contribution >= 4 is 17.5 Å². The van der Waals surface area contributed by atoms with Crippen molar-refractivity contribution in [2.24, 2.45) is 0 Å². The molecule has 1 atom stereocenters. The number of hydrogen-bond acceptors (Lipinski definition) is 3. The highest BCUT2D eigenvalue weighted by Crippen LogP contribution is 2.18. The molecule has 1 saturated heterocycles. The predicted octanol–water partition coefficient (Wildman–Crippen LogP) is 0.241. The Hall–Kier alpha value is -1.91. The van der Waals surface area contributed by atoms with E-state index in [1.165, 1.54) is 4.90 Å². The number of aromatic nitrogens is 1. The van der Waals surface area contributed by atoms with Gasteiger partial charge in [0.2, 0.25) is 11.8 Å². The molecule has 0 bridgehead atoms. The minimum atomic E-state index is -0.481. The zero-order chi connectivity index (χ0) is 11.7. The van der Waals surface area contributed by atoms with Gasteiger partial charge < -0.3 is 5.32 Å². The summed E-state index contributed by atoms with van der Waals surface area (Å²) in [6, 6.07) is 3.14. The topological polar surface area (TPSA) is 62.3 Å². The second-order valence-corrected chi connectivity index (χ2v) is 3.82. The highest BCUT2D eigenvalue weighted by Gasteiger charge is 2.31. The number of carbonyl (C=O) groups excluding carboxylic acids is 2. The summed E-state index contributed by atoms with van der Waals surface area (Å²) in [5.74, 6) is -0.252. The van der Waals surface area contributed by atoms with E-state index in [4.69, 9.17) is 0 Å².